The molecule has 0 radical (unpaired) electrons. The molecule has 1 aromatic carbocycles. The van der Waals surface area contributed by atoms with Crippen molar-refractivity contribution >= 4 is 10.0 Å². The number of hydrogen-bond acceptors (Lipinski definition) is 5. The number of benzene rings is 1. The summed E-state index contributed by atoms with van der Waals surface area (Å²) in [5, 5.41) is 3.98. The molecule has 2 unspecified atom stereocenters. The Hall–Kier alpha value is -1.91. The Morgan fingerprint density at radius 3 is 2.71 bits per heavy atom. The van der Waals surface area contributed by atoms with Crippen molar-refractivity contribution in [3.8, 4) is 0 Å². The van der Waals surface area contributed by atoms with E-state index in [-0.39, 0.29) is 18.8 Å². The summed E-state index contributed by atoms with van der Waals surface area (Å²) >= 11 is 0. The van der Waals surface area contributed by atoms with Crippen LogP contribution in [0, 0.1) is 11.6 Å². The summed E-state index contributed by atoms with van der Waals surface area (Å²) in [6, 6.07) is 2.40. The second-order valence-electron chi connectivity index (χ2n) is 5.71. The fourth-order valence-corrected chi connectivity index (χ4v) is 3.97. The molecule has 10 heteroatoms. The first-order valence-corrected chi connectivity index (χ1v) is 8.97. The summed E-state index contributed by atoms with van der Waals surface area (Å²) in [5.41, 5.74) is -1.28. The molecular weight excluding hydrogens is 342 g/mol. The summed E-state index contributed by atoms with van der Waals surface area (Å²) in [4.78, 5) is 3.83. The highest BCUT2D eigenvalue weighted by Crippen LogP contribution is 2.41. The second-order valence-corrected chi connectivity index (χ2v) is 7.64. The topological polar surface area (TPSA) is 77.3 Å². The third-order valence-electron chi connectivity index (χ3n) is 4.23. The molecule has 1 fully saturated rings. The highest BCUT2D eigenvalue weighted by Gasteiger charge is 2.52. The first kappa shape index (κ1) is 16.9. The fourth-order valence-electron chi connectivity index (χ4n) is 2.98. The first-order valence-electron chi connectivity index (χ1n) is 7.13. The van der Waals surface area contributed by atoms with E-state index < -0.39 is 33.3 Å². The molecule has 2 aromatic rings. The molecule has 0 bridgehead atoms. The van der Waals surface area contributed by atoms with Gasteiger partial charge in [-0.25, -0.2) is 26.9 Å². The van der Waals surface area contributed by atoms with E-state index in [9.17, 15) is 17.2 Å². The van der Waals surface area contributed by atoms with E-state index in [0.29, 0.717) is 0 Å². The van der Waals surface area contributed by atoms with Gasteiger partial charge >= 0.3 is 0 Å². The monoisotopic (exact) mass is 358 g/mol. The summed E-state index contributed by atoms with van der Waals surface area (Å²) < 4.78 is 60.0. The van der Waals surface area contributed by atoms with Crippen molar-refractivity contribution in [1.29, 1.82) is 0 Å². The van der Waals surface area contributed by atoms with Gasteiger partial charge in [-0.15, -0.1) is 0 Å². The van der Waals surface area contributed by atoms with Gasteiger partial charge in [-0.05, 0) is 13.0 Å². The Balaban J connectivity index is 2.12. The van der Waals surface area contributed by atoms with Crippen molar-refractivity contribution in [2.75, 3.05) is 13.0 Å². The molecule has 0 N–H and O–H groups in total. The summed E-state index contributed by atoms with van der Waals surface area (Å²) in [5.74, 6) is -1.53. The summed E-state index contributed by atoms with van der Waals surface area (Å²) in [6.45, 7) is 1.42. The highest BCUT2D eigenvalue weighted by molar-refractivity contribution is 7.88. The van der Waals surface area contributed by atoms with Crippen LogP contribution in [-0.4, -0.2) is 46.5 Å². The standard InChI is InChI=1S/C14H16F2N4O3S/c1-10-14(6-19-8-17-7-18-19,23-9-20(10)24(2,21)22)12-4-3-11(15)5-13(12)16/h3-5,7-8,10H,6,9H2,1-2H3. The maximum Gasteiger partial charge on any atom is 0.213 e. The smallest absolute Gasteiger partial charge is 0.213 e. The Kier molecular flexibility index (Phi) is 4.14. The second kappa shape index (κ2) is 5.87. The van der Waals surface area contributed by atoms with Crippen molar-refractivity contribution in [1.82, 2.24) is 19.1 Å². The van der Waals surface area contributed by atoms with Crippen LogP contribution < -0.4 is 0 Å². The quantitative estimate of drug-likeness (QED) is 0.818. The average molecular weight is 358 g/mol. The van der Waals surface area contributed by atoms with Gasteiger partial charge in [-0.1, -0.05) is 6.07 Å². The predicted octanol–water partition coefficient (Wildman–Crippen LogP) is 1.09. The van der Waals surface area contributed by atoms with Crippen molar-refractivity contribution in [3.05, 3.63) is 48.1 Å². The van der Waals surface area contributed by atoms with Crippen molar-refractivity contribution in [3.63, 3.8) is 0 Å². The lowest BCUT2D eigenvalue weighted by molar-refractivity contribution is -0.0271. The van der Waals surface area contributed by atoms with Crippen LogP contribution in [0.4, 0.5) is 8.78 Å². The van der Waals surface area contributed by atoms with Gasteiger partial charge in [0.25, 0.3) is 0 Å². The molecule has 2 heterocycles. The van der Waals surface area contributed by atoms with Gasteiger partial charge in [-0.3, -0.25) is 0 Å². The van der Waals surface area contributed by atoms with E-state index in [0.717, 1.165) is 22.7 Å². The van der Waals surface area contributed by atoms with Crippen LogP contribution in [0.25, 0.3) is 0 Å². The molecule has 0 spiro atoms. The van der Waals surface area contributed by atoms with Crippen LogP contribution in [0.1, 0.15) is 12.5 Å². The third-order valence-corrected chi connectivity index (χ3v) is 5.51. The lowest BCUT2D eigenvalue weighted by atomic mass is 9.87. The molecule has 1 aliphatic rings. The molecule has 24 heavy (non-hydrogen) atoms. The summed E-state index contributed by atoms with van der Waals surface area (Å²) in [6.07, 6.45) is 3.78. The van der Waals surface area contributed by atoms with E-state index in [1.165, 1.54) is 23.4 Å². The number of ether oxygens (including phenoxy) is 1. The Morgan fingerprint density at radius 2 is 2.17 bits per heavy atom. The van der Waals surface area contributed by atoms with Crippen molar-refractivity contribution < 1.29 is 21.9 Å². The van der Waals surface area contributed by atoms with Gasteiger partial charge in [-0.2, -0.15) is 9.40 Å². The molecule has 1 aromatic heterocycles. The SMILES string of the molecule is CC1N(S(C)(=O)=O)COC1(Cn1cncn1)c1ccc(F)cc1F. The van der Waals surface area contributed by atoms with Gasteiger partial charge < -0.3 is 4.74 Å². The number of aromatic nitrogens is 3. The van der Waals surface area contributed by atoms with Crippen molar-refractivity contribution in [2.45, 2.75) is 25.1 Å². The minimum atomic E-state index is -3.56. The average Bonchev–Trinajstić information content (AvgIpc) is 3.08. The number of nitrogens with zero attached hydrogens (tertiary/aromatic N) is 4. The molecule has 0 aliphatic carbocycles. The minimum absolute atomic E-state index is 0.0305. The van der Waals surface area contributed by atoms with E-state index in [1.807, 2.05) is 0 Å². The molecule has 2 atom stereocenters. The molecule has 0 amide bonds. The zero-order valence-corrected chi connectivity index (χ0v) is 13.9. The van der Waals surface area contributed by atoms with Crippen LogP contribution in [0.2, 0.25) is 0 Å². The summed E-state index contributed by atoms with van der Waals surface area (Å²) in [7, 11) is -3.56. The van der Waals surface area contributed by atoms with Gasteiger partial charge in [0.1, 0.15) is 36.6 Å². The zero-order chi connectivity index (χ0) is 17.5. The number of hydrogen-bond donors (Lipinski definition) is 0. The molecule has 7 nitrogen and oxygen atoms in total. The molecule has 3 rings (SSSR count). The molecule has 0 saturated carbocycles. The lowest BCUT2D eigenvalue weighted by Crippen LogP contribution is -2.46. The van der Waals surface area contributed by atoms with Crippen molar-refractivity contribution in [2.24, 2.45) is 0 Å². The fraction of sp³-hybridized carbons (Fsp3) is 0.429. The molecular formula is C14H16F2N4O3S. The van der Waals surface area contributed by atoms with Gasteiger partial charge in [0.15, 0.2) is 0 Å². The van der Waals surface area contributed by atoms with Crippen LogP contribution in [0.15, 0.2) is 30.9 Å². The minimum Gasteiger partial charge on any atom is -0.350 e. The number of rotatable bonds is 4. The van der Waals surface area contributed by atoms with Crippen LogP contribution in [0.5, 0.6) is 0 Å². The third kappa shape index (κ3) is 2.80. The van der Waals surface area contributed by atoms with Gasteiger partial charge in [0, 0.05) is 11.6 Å². The predicted molar refractivity (Wildman–Crippen MR) is 80.2 cm³/mol. The Bertz CT molecular complexity index is 844. The van der Waals surface area contributed by atoms with Crippen LogP contribution >= 0.6 is 0 Å². The maximum atomic E-state index is 14.4. The molecule has 1 saturated heterocycles. The largest absolute Gasteiger partial charge is 0.350 e. The zero-order valence-electron chi connectivity index (χ0n) is 13.1. The Labute approximate surface area is 137 Å². The van der Waals surface area contributed by atoms with E-state index in [2.05, 4.69) is 10.1 Å². The van der Waals surface area contributed by atoms with Gasteiger partial charge in [0.2, 0.25) is 10.0 Å². The van der Waals surface area contributed by atoms with E-state index in [1.54, 1.807) is 6.92 Å². The highest BCUT2D eigenvalue weighted by atomic mass is 32.2. The molecule has 130 valence electrons. The maximum absolute atomic E-state index is 14.4. The normalized spacial score (nSPS) is 25.2. The van der Waals surface area contributed by atoms with Gasteiger partial charge in [0.05, 0.1) is 18.8 Å². The van der Waals surface area contributed by atoms with Crippen LogP contribution in [-0.2, 0) is 26.9 Å². The van der Waals surface area contributed by atoms with E-state index >= 15 is 0 Å². The number of halogens is 2. The molecule has 1 aliphatic heterocycles. The lowest BCUT2D eigenvalue weighted by Gasteiger charge is -2.34. The first-order chi connectivity index (χ1) is 11.2. The van der Waals surface area contributed by atoms with Crippen LogP contribution in [0.3, 0.4) is 0 Å². The Morgan fingerprint density at radius 1 is 1.42 bits per heavy atom. The van der Waals surface area contributed by atoms with E-state index in [4.69, 9.17) is 4.74 Å². The number of sulfonamides is 1.